The van der Waals surface area contributed by atoms with Gasteiger partial charge in [-0.05, 0) is 24.6 Å². The van der Waals surface area contributed by atoms with E-state index in [1.807, 2.05) is 43.3 Å². The number of ether oxygens (including phenoxy) is 2. The zero-order chi connectivity index (χ0) is 15.7. The van der Waals surface area contributed by atoms with Crippen LogP contribution in [0, 0.1) is 6.92 Å². The number of methoxy groups -OCH3 is 2. The van der Waals surface area contributed by atoms with Gasteiger partial charge in [0.15, 0.2) is 11.5 Å². The van der Waals surface area contributed by atoms with E-state index < -0.39 is 0 Å². The first-order chi connectivity index (χ1) is 10.7. The van der Waals surface area contributed by atoms with Crippen LogP contribution in [0.15, 0.2) is 36.4 Å². The van der Waals surface area contributed by atoms with Crippen LogP contribution in [0.1, 0.15) is 27.7 Å². The predicted octanol–water partition coefficient (Wildman–Crippen LogP) is 2.87. The van der Waals surface area contributed by atoms with Crippen LogP contribution >= 0.6 is 0 Å². The summed E-state index contributed by atoms with van der Waals surface area (Å²) in [6.07, 6.45) is -0.369. The number of anilines is 1. The quantitative estimate of drug-likeness (QED) is 0.915. The van der Waals surface area contributed by atoms with Crippen LogP contribution in [-0.2, 0) is 0 Å². The molecule has 3 rings (SSSR count). The summed E-state index contributed by atoms with van der Waals surface area (Å²) in [5.41, 5.74) is 3.35. The van der Waals surface area contributed by atoms with Crippen molar-refractivity contribution in [3.8, 4) is 11.5 Å². The molecule has 2 N–H and O–H groups in total. The Hall–Kier alpha value is -2.69. The van der Waals surface area contributed by atoms with Gasteiger partial charge in [0.25, 0.3) is 5.91 Å². The molecule has 0 fully saturated rings. The van der Waals surface area contributed by atoms with Crippen molar-refractivity contribution in [3.05, 3.63) is 53.1 Å². The number of hydrogen-bond acceptors (Lipinski definition) is 4. The Bertz CT molecular complexity index is 728. The standard InChI is InChI=1S/C17H18N2O3/c1-10-6-4-7-11-14(10)18-16(19-17(11)20)12-8-5-9-13(21-2)15(12)22-3/h4-9,16,18H,1-3H3,(H,19,20). The van der Waals surface area contributed by atoms with Gasteiger partial charge in [-0.1, -0.05) is 24.3 Å². The van der Waals surface area contributed by atoms with E-state index in [1.54, 1.807) is 14.2 Å². The SMILES string of the molecule is COc1cccc(C2NC(=O)c3cccc(C)c3N2)c1OC. The Labute approximate surface area is 129 Å². The number of hydrogen-bond donors (Lipinski definition) is 2. The minimum atomic E-state index is -0.369. The highest BCUT2D eigenvalue weighted by atomic mass is 16.5. The molecule has 1 amide bonds. The van der Waals surface area contributed by atoms with Crippen molar-refractivity contribution in [1.29, 1.82) is 0 Å². The first-order valence-electron chi connectivity index (χ1n) is 7.03. The number of fused-ring (bicyclic) bond motifs is 1. The van der Waals surface area contributed by atoms with Gasteiger partial charge in [0, 0.05) is 5.56 Å². The summed E-state index contributed by atoms with van der Waals surface area (Å²) in [6, 6.07) is 11.3. The second-order valence-corrected chi connectivity index (χ2v) is 5.13. The van der Waals surface area contributed by atoms with Crippen molar-refractivity contribution in [3.63, 3.8) is 0 Å². The van der Waals surface area contributed by atoms with Crippen molar-refractivity contribution < 1.29 is 14.3 Å². The van der Waals surface area contributed by atoms with Crippen LogP contribution in [0.2, 0.25) is 0 Å². The Kier molecular flexibility index (Phi) is 3.63. The third kappa shape index (κ3) is 2.24. The highest BCUT2D eigenvalue weighted by molar-refractivity contribution is 6.02. The van der Waals surface area contributed by atoms with Gasteiger partial charge in [-0.15, -0.1) is 0 Å². The van der Waals surface area contributed by atoms with Crippen LogP contribution in [-0.4, -0.2) is 20.1 Å². The van der Waals surface area contributed by atoms with Gasteiger partial charge in [0.05, 0.1) is 25.5 Å². The van der Waals surface area contributed by atoms with Gasteiger partial charge >= 0.3 is 0 Å². The minimum absolute atomic E-state index is 0.104. The first-order valence-corrected chi connectivity index (χ1v) is 7.03. The molecule has 0 spiro atoms. The summed E-state index contributed by atoms with van der Waals surface area (Å²) < 4.78 is 10.8. The molecule has 0 saturated heterocycles. The second-order valence-electron chi connectivity index (χ2n) is 5.13. The monoisotopic (exact) mass is 298 g/mol. The van der Waals surface area contributed by atoms with Crippen molar-refractivity contribution in [2.24, 2.45) is 0 Å². The third-order valence-electron chi connectivity index (χ3n) is 3.83. The van der Waals surface area contributed by atoms with Crippen LogP contribution in [0.25, 0.3) is 0 Å². The fourth-order valence-electron chi connectivity index (χ4n) is 2.73. The number of para-hydroxylation sites is 2. The maximum Gasteiger partial charge on any atom is 0.255 e. The highest BCUT2D eigenvalue weighted by Crippen LogP contribution is 2.37. The number of carbonyl (C=O) groups excluding carboxylic acids is 1. The van der Waals surface area contributed by atoms with E-state index in [2.05, 4.69) is 10.6 Å². The Morgan fingerprint density at radius 1 is 1.00 bits per heavy atom. The van der Waals surface area contributed by atoms with E-state index in [4.69, 9.17) is 9.47 Å². The van der Waals surface area contributed by atoms with Crippen molar-refractivity contribution >= 4 is 11.6 Å². The van der Waals surface area contributed by atoms with E-state index in [1.165, 1.54) is 0 Å². The van der Waals surface area contributed by atoms with Crippen molar-refractivity contribution in [2.45, 2.75) is 13.1 Å². The van der Waals surface area contributed by atoms with Gasteiger partial charge in [-0.2, -0.15) is 0 Å². The largest absolute Gasteiger partial charge is 0.493 e. The number of carbonyl (C=O) groups is 1. The summed E-state index contributed by atoms with van der Waals surface area (Å²) >= 11 is 0. The van der Waals surface area contributed by atoms with E-state index in [-0.39, 0.29) is 12.1 Å². The molecule has 1 unspecified atom stereocenters. The normalized spacial score (nSPS) is 16.3. The number of aryl methyl sites for hydroxylation is 1. The maximum atomic E-state index is 12.4. The lowest BCUT2D eigenvalue weighted by molar-refractivity contribution is 0.0935. The molecule has 0 aromatic heterocycles. The summed E-state index contributed by atoms with van der Waals surface area (Å²) in [5, 5.41) is 6.33. The molecule has 5 heteroatoms. The third-order valence-corrected chi connectivity index (χ3v) is 3.83. The highest BCUT2D eigenvalue weighted by Gasteiger charge is 2.28. The first kappa shape index (κ1) is 14.3. The predicted molar refractivity (Wildman–Crippen MR) is 84.6 cm³/mol. The minimum Gasteiger partial charge on any atom is -0.493 e. The zero-order valence-electron chi connectivity index (χ0n) is 12.8. The van der Waals surface area contributed by atoms with Crippen molar-refractivity contribution in [1.82, 2.24) is 5.32 Å². The van der Waals surface area contributed by atoms with Gasteiger partial charge < -0.3 is 20.1 Å². The molecule has 1 atom stereocenters. The number of nitrogens with one attached hydrogen (secondary N) is 2. The maximum absolute atomic E-state index is 12.4. The molecule has 0 saturated carbocycles. The van der Waals surface area contributed by atoms with Gasteiger partial charge in [-0.25, -0.2) is 0 Å². The molecule has 0 aliphatic carbocycles. The summed E-state index contributed by atoms with van der Waals surface area (Å²) in [6.45, 7) is 1.98. The molecule has 1 aliphatic rings. The van der Waals surface area contributed by atoms with Crippen LogP contribution in [0.5, 0.6) is 11.5 Å². The molecule has 1 heterocycles. The fraction of sp³-hybridized carbons (Fsp3) is 0.235. The summed E-state index contributed by atoms with van der Waals surface area (Å²) in [5.74, 6) is 1.14. The van der Waals surface area contributed by atoms with E-state index in [9.17, 15) is 4.79 Å². The summed E-state index contributed by atoms with van der Waals surface area (Å²) in [4.78, 5) is 12.4. The smallest absolute Gasteiger partial charge is 0.255 e. The lowest BCUT2D eigenvalue weighted by atomic mass is 10.0. The number of amides is 1. The lowest BCUT2D eigenvalue weighted by Gasteiger charge is -2.30. The molecular weight excluding hydrogens is 280 g/mol. The molecule has 1 aliphatic heterocycles. The molecule has 0 radical (unpaired) electrons. The molecule has 2 aromatic carbocycles. The topological polar surface area (TPSA) is 59.6 Å². The van der Waals surface area contributed by atoms with Gasteiger partial charge in [0.1, 0.15) is 6.17 Å². The molecule has 5 nitrogen and oxygen atoms in total. The average molecular weight is 298 g/mol. The number of rotatable bonds is 3. The van der Waals surface area contributed by atoms with Crippen LogP contribution in [0.3, 0.4) is 0 Å². The van der Waals surface area contributed by atoms with E-state index >= 15 is 0 Å². The van der Waals surface area contributed by atoms with E-state index in [0.717, 1.165) is 16.8 Å². The molecule has 0 bridgehead atoms. The molecule has 22 heavy (non-hydrogen) atoms. The van der Waals surface area contributed by atoms with Crippen LogP contribution < -0.4 is 20.1 Å². The molecule has 2 aromatic rings. The molecule has 114 valence electrons. The Morgan fingerprint density at radius 2 is 1.77 bits per heavy atom. The summed E-state index contributed by atoms with van der Waals surface area (Å²) in [7, 11) is 3.18. The fourth-order valence-corrected chi connectivity index (χ4v) is 2.73. The lowest BCUT2D eigenvalue weighted by Crippen LogP contribution is -2.39. The average Bonchev–Trinajstić information content (AvgIpc) is 2.54. The van der Waals surface area contributed by atoms with Crippen LogP contribution in [0.4, 0.5) is 5.69 Å². The molecular formula is C17H18N2O3. The van der Waals surface area contributed by atoms with Crippen molar-refractivity contribution in [2.75, 3.05) is 19.5 Å². The van der Waals surface area contributed by atoms with Gasteiger partial charge in [0.2, 0.25) is 0 Å². The number of benzene rings is 2. The van der Waals surface area contributed by atoms with E-state index in [0.29, 0.717) is 17.1 Å². The Balaban J connectivity index is 2.05. The Morgan fingerprint density at radius 3 is 2.50 bits per heavy atom. The second kappa shape index (κ2) is 5.60. The van der Waals surface area contributed by atoms with Gasteiger partial charge in [-0.3, -0.25) is 4.79 Å². The zero-order valence-corrected chi connectivity index (χ0v) is 12.8.